The number of aryl methyl sites for hydroxylation is 2. The van der Waals surface area contributed by atoms with E-state index < -0.39 is 11.7 Å². The Morgan fingerprint density at radius 1 is 1.24 bits per heavy atom. The highest BCUT2D eigenvalue weighted by Gasteiger charge is 2.24. The molecule has 110 valence electrons. The lowest BCUT2D eigenvalue weighted by Gasteiger charge is -2.07. The van der Waals surface area contributed by atoms with Crippen molar-refractivity contribution in [2.75, 3.05) is 5.32 Å². The molecule has 1 aromatic heterocycles. The number of halogens is 2. The van der Waals surface area contributed by atoms with Gasteiger partial charge in [-0.05, 0) is 32.0 Å². The zero-order chi connectivity index (χ0) is 15.7. The van der Waals surface area contributed by atoms with E-state index in [9.17, 15) is 9.59 Å². The molecule has 0 spiro atoms. The summed E-state index contributed by atoms with van der Waals surface area (Å²) in [5, 5.41) is 7.32. The average Bonchev–Trinajstić information content (AvgIpc) is 2.66. The van der Waals surface area contributed by atoms with Crippen molar-refractivity contribution >= 4 is 40.6 Å². The van der Waals surface area contributed by atoms with Crippen LogP contribution in [0, 0.1) is 13.8 Å². The minimum atomic E-state index is -0.765. The van der Waals surface area contributed by atoms with Crippen LogP contribution in [0.25, 0.3) is 0 Å². The van der Waals surface area contributed by atoms with E-state index in [-0.39, 0.29) is 5.02 Å². The number of amides is 1. The first-order valence-electron chi connectivity index (χ1n) is 6.12. The second kappa shape index (κ2) is 5.87. The number of carbonyl (C=O) groups excluding carboxylic acids is 2. The minimum Gasteiger partial charge on any atom is -0.318 e. The van der Waals surface area contributed by atoms with Gasteiger partial charge in [0.1, 0.15) is 0 Å². The van der Waals surface area contributed by atoms with Crippen LogP contribution in [0.1, 0.15) is 21.7 Å². The lowest BCUT2D eigenvalue weighted by Crippen LogP contribution is -2.24. The first-order valence-corrected chi connectivity index (χ1v) is 6.87. The topological polar surface area (TPSA) is 64.0 Å². The van der Waals surface area contributed by atoms with Crippen LogP contribution < -0.4 is 5.32 Å². The zero-order valence-electron chi connectivity index (χ0n) is 11.7. The molecule has 0 aliphatic rings. The second-order valence-electron chi connectivity index (χ2n) is 4.58. The lowest BCUT2D eigenvalue weighted by molar-refractivity contribution is -0.112. The smallest absolute Gasteiger partial charge is 0.296 e. The number of hydrogen-bond acceptors (Lipinski definition) is 3. The highest BCUT2D eigenvalue weighted by Crippen LogP contribution is 2.25. The van der Waals surface area contributed by atoms with Gasteiger partial charge in [0.2, 0.25) is 0 Å². The Morgan fingerprint density at radius 2 is 1.90 bits per heavy atom. The van der Waals surface area contributed by atoms with Gasteiger partial charge in [-0.1, -0.05) is 23.2 Å². The highest BCUT2D eigenvalue weighted by molar-refractivity contribution is 6.48. The Morgan fingerprint density at radius 3 is 2.43 bits per heavy atom. The van der Waals surface area contributed by atoms with Crippen molar-refractivity contribution in [1.29, 1.82) is 0 Å². The van der Waals surface area contributed by atoms with E-state index in [0.717, 1.165) is 0 Å². The van der Waals surface area contributed by atoms with Crippen LogP contribution in [0.4, 0.5) is 5.69 Å². The zero-order valence-corrected chi connectivity index (χ0v) is 13.2. The van der Waals surface area contributed by atoms with Crippen molar-refractivity contribution in [2.24, 2.45) is 7.05 Å². The fourth-order valence-corrected chi connectivity index (χ4v) is 2.44. The molecule has 0 bridgehead atoms. The van der Waals surface area contributed by atoms with Gasteiger partial charge in [-0.15, -0.1) is 0 Å². The van der Waals surface area contributed by atoms with E-state index in [0.29, 0.717) is 27.7 Å². The minimum absolute atomic E-state index is 0.267. The molecule has 0 unspecified atom stereocenters. The Labute approximate surface area is 131 Å². The van der Waals surface area contributed by atoms with Crippen LogP contribution in [0.15, 0.2) is 18.2 Å². The number of carbonyl (C=O) groups is 2. The van der Waals surface area contributed by atoms with E-state index in [1.807, 2.05) is 0 Å². The van der Waals surface area contributed by atoms with Crippen LogP contribution in [-0.4, -0.2) is 21.5 Å². The van der Waals surface area contributed by atoms with E-state index in [1.54, 1.807) is 37.7 Å². The van der Waals surface area contributed by atoms with Crippen molar-refractivity contribution in [3.63, 3.8) is 0 Å². The third kappa shape index (κ3) is 3.09. The summed E-state index contributed by atoms with van der Waals surface area (Å²) in [7, 11) is 1.72. The number of ketones is 1. The van der Waals surface area contributed by atoms with Gasteiger partial charge in [0.05, 0.1) is 22.0 Å². The van der Waals surface area contributed by atoms with Gasteiger partial charge in [-0.3, -0.25) is 14.3 Å². The van der Waals surface area contributed by atoms with Gasteiger partial charge < -0.3 is 5.32 Å². The normalized spacial score (nSPS) is 10.5. The molecule has 1 heterocycles. The Bertz CT molecular complexity index is 738. The maximum absolute atomic E-state index is 12.2. The van der Waals surface area contributed by atoms with Gasteiger partial charge in [0.25, 0.3) is 11.7 Å². The Kier molecular flexibility index (Phi) is 4.34. The summed E-state index contributed by atoms with van der Waals surface area (Å²) >= 11 is 11.7. The quantitative estimate of drug-likeness (QED) is 0.696. The van der Waals surface area contributed by atoms with Gasteiger partial charge in [-0.25, -0.2) is 0 Å². The number of anilines is 1. The number of rotatable bonds is 3. The maximum Gasteiger partial charge on any atom is 0.296 e. The van der Waals surface area contributed by atoms with E-state index in [4.69, 9.17) is 23.2 Å². The molecule has 0 aliphatic carbocycles. The molecule has 21 heavy (non-hydrogen) atoms. The summed E-state index contributed by atoms with van der Waals surface area (Å²) in [4.78, 5) is 24.3. The van der Waals surface area contributed by atoms with Gasteiger partial charge in [0.15, 0.2) is 0 Å². The number of Topliss-reactive ketones (excluding diaryl/α,β-unsaturated/α-hetero) is 1. The number of nitrogens with zero attached hydrogens (tertiary/aromatic N) is 2. The van der Waals surface area contributed by atoms with Crippen LogP contribution in [0.3, 0.4) is 0 Å². The molecule has 0 saturated heterocycles. The molecule has 1 aromatic carbocycles. The summed E-state index contributed by atoms with van der Waals surface area (Å²) < 4.78 is 1.56. The first-order chi connectivity index (χ1) is 9.81. The lowest BCUT2D eigenvalue weighted by atomic mass is 10.1. The monoisotopic (exact) mass is 325 g/mol. The van der Waals surface area contributed by atoms with Crippen molar-refractivity contribution in [3.8, 4) is 0 Å². The molecule has 1 amide bonds. The fourth-order valence-electron chi connectivity index (χ4n) is 1.99. The van der Waals surface area contributed by atoms with Crippen molar-refractivity contribution in [1.82, 2.24) is 9.78 Å². The van der Waals surface area contributed by atoms with Gasteiger partial charge in [0, 0.05) is 17.8 Å². The van der Waals surface area contributed by atoms with Crippen molar-refractivity contribution in [2.45, 2.75) is 13.8 Å². The Balaban J connectivity index is 2.26. The van der Waals surface area contributed by atoms with Crippen LogP contribution in [-0.2, 0) is 11.8 Å². The number of hydrogen-bond donors (Lipinski definition) is 1. The summed E-state index contributed by atoms with van der Waals surface area (Å²) in [5.41, 5.74) is 1.78. The molecule has 2 rings (SSSR count). The van der Waals surface area contributed by atoms with Crippen LogP contribution in [0.2, 0.25) is 10.0 Å². The predicted molar refractivity (Wildman–Crippen MR) is 82.1 cm³/mol. The van der Waals surface area contributed by atoms with Crippen LogP contribution in [0.5, 0.6) is 0 Å². The van der Waals surface area contributed by atoms with E-state index in [1.165, 1.54) is 6.07 Å². The third-order valence-electron chi connectivity index (χ3n) is 3.12. The standard InChI is InChI=1S/C14H13Cl2N3O2/c1-7-12(8(2)19(3)18-7)13(20)14(21)17-11-5-4-9(15)6-10(11)16/h4-6H,1-3H3,(H,17,21). The highest BCUT2D eigenvalue weighted by atomic mass is 35.5. The van der Waals surface area contributed by atoms with Gasteiger partial charge in [-0.2, -0.15) is 5.10 Å². The molecule has 5 nitrogen and oxygen atoms in total. The SMILES string of the molecule is Cc1nn(C)c(C)c1C(=O)C(=O)Nc1ccc(Cl)cc1Cl. The summed E-state index contributed by atoms with van der Waals surface area (Å²) in [6, 6.07) is 4.61. The molecule has 0 radical (unpaired) electrons. The first kappa shape index (κ1) is 15.5. The molecule has 7 heteroatoms. The van der Waals surface area contributed by atoms with Gasteiger partial charge >= 0.3 is 0 Å². The third-order valence-corrected chi connectivity index (χ3v) is 3.67. The van der Waals surface area contributed by atoms with Crippen LogP contribution >= 0.6 is 23.2 Å². The molecule has 0 atom stereocenters. The fraction of sp³-hybridized carbons (Fsp3) is 0.214. The largest absolute Gasteiger partial charge is 0.318 e. The Hall–Kier alpha value is -1.85. The number of benzene rings is 1. The molecule has 0 saturated carbocycles. The number of nitrogens with one attached hydrogen (secondary N) is 1. The summed E-state index contributed by atoms with van der Waals surface area (Å²) in [6.45, 7) is 3.42. The van der Waals surface area contributed by atoms with E-state index in [2.05, 4.69) is 10.4 Å². The molecular formula is C14H13Cl2N3O2. The molecule has 0 aliphatic heterocycles. The van der Waals surface area contributed by atoms with Crippen molar-refractivity contribution in [3.05, 3.63) is 45.2 Å². The molecule has 0 fully saturated rings. The average molecular weight is 326 g/mol. The van der Waals surface area contributed by atoms with Crippen molar-refractivity contribution < 1.29 is 9.59 Å². The molecular weight excluding hydrogens is 313 g/mol. The molecule has 1 N–H and O–H groups in total. The second-order valence-corrected chi connectivity index (χ2v) is 5.42. The summed E-state index contributed by atoms with van der Waals surface area (Å²) in [5.74, 6) is -1.41. The summed E-state index contributed by atoms with van der Waals surface area (Å²) in [6.07, 6.45) is 0. The van der Waals surface area contributed by atoms with E-state index >= 15 is 0 Å². The maximum atomic E-state index is 12.2. The molecule has 2 aromatic rings. The predicted octanol–water partition coefficient (Wildman–Crippen LogP) is 3.17. The number of aromatic nitrogens is 2.